The van der Waals surface area contributed by atoms with Crippen molar-refractivity contribution in [2.45, 2.75) is 64.9 Å². The number of benzene rings is 2. The van der Waals surface area contributed by atoms with Gasteiger partial charge in [-0.1, -0.05) is 43.3 Å². The Balaban J connectivity index is 1.81. The maximum Gasteiger partial charge on any atom is 0.337 e. The molecule has 0 spiro atoms. The molecule has 1 aliphatic carbocycles. The van der Waals surface area contributed by atoms with Crippen LogP contribution in [-0.4, -0.2) is 29.6 Å². The van der Waals surface area contributed by atoms with Crippen molar-refractivity contribution in [3.8, 4) is 11.5 Å². The number of dihydropyridines is 1. The fraction of sp³-hybridized carbons (Fsp3) is 0.379. The van der Waals surface area contributed by atoms with Crippen LogP contribution in [0.4, 0.5) is 0 Å². The molecule has 4 rings (SSSR count). The number of carbonyl (C=O) groups is 2. The van der Waals surface area contributed by atoms with Gasteiger partial charge in [0.15, 0.2) is 17.3 Å². The highest BCUT2D eigenvalue weighted by atomic mass is 16.5. The molecule has 2 N–H and O–H groups in total. The molecule has 0 saturated carbocycles. The third-order valence-corrected chi connectivity index (χ3v) is 6.82. The monoisotopic (exact) mass is 475 g/mol. The molecule has 0 aromatic heterocycles. The zero-order valence-electron chi connectivity index (χ0n) is 20.8. The SMILES string of the molecule is CCOc1cc([C@H]2C(C(=O)O[C@@H](C)CC)=C(C)NC3=C2C(=O)C[C@@H](c2ccccc2)C3)ccc1O. The number of phenolic OH excluding ortho intramolecular Hbond substituents is 1. The van der Waals surface area contributed by atoms with Gasteiger partial charge in [0.1, 0.15) is 0 Å². The summed E-state index contributed by atoms with van der Waals surface area (Å²) in [7, 11) is 0. The highest BCUT2D eigenvalue weighted by molar-refractivity contribution is 6.04. The second-order valence-electron chi connectivity index (χ2n) is 9.21. The quantitative estimate of drug-likeness (QED) is 0.515. The topological polar surface area (TPSA) is 84.9 Å². The van der Waals surface area contributed by atoms with Gasteiger partial charge in [-0.2, -0.15) is 0 Å². The highest BCUT2D eigenvalue weighted by Crippen LogP contribution is 2.47. The Morgan fingerprint density at radius 1 is 1.11 bits per heavy atom. The number of Topliss-reactive ketones (excluding diaryl/α,β-unsaturated/α-hetero) is 1. The maximum atomic E-state index is 13.7. The molecule has 2 aromatic carbocycles. The summed E-state index contributed by atoms with van der Waals surface area (Å²) in [6.45, 7) is 7.88. The summed E-state index contributed by atoms with van der Waals surface area (Å²) < 4.78 is 11.3. The van der Waals surface area contributed by atoms with Gasteiger partial charge >= 0.3 is 5.97 Å². The lowest BCUT2D eigenvalue weighted by Crippen LogP contribution is -2.36. The van der Waals surface area contributed by atoms with Crippen LogP contribution < -0.4 is 10.1 Å². The number of phenols is 1. The molecule has 0 radical (unpaired) electrons. The molecule has 1 heterocycles. The lowest BCUT2D eigenvalue weighted by atomic mass is 9.71. The summed E-state index contributed by atoms with van der Waals surface area (Å²) in [6, 6.07) is 15.1. The number of hydrogen-bond acceptors (Lipinski definition) is 6. The average Bonchev–Trinajstić information content (AvgIpc) is 2.85. The van der Waals surface area contributed by atoms with Crippen LogP contribution in [0.5, 0.6) is 11.5 Å². The van der Waals surface area contributed by atoms with Crippen LogP contribution in [0.25, 0.3) is 0 Å². The molecule has 3 atom stereocenters. The van der Waals surface area contributed by atoms with Crippen molar-refractivity contribution >= 4 is 11.8 Å². The van der Waals surface area contributed by atoms with Crippen LogP contribution in [0.2, 0.25) is 0 Å². The molecule has 0 saturated heterocycles. The van der Waals surface area contributed by atoms with E-state index in [1.165, 1.54) is 0 Å². The molecule has 184 valence electrons. The minimum absolute atomic E-state index is 0.00461. The van der Waals surface area contributed by atoms with Gasteiger partial charge in [-0.15, -0.1) is 0 Å². The largest absolute Gasteiger partial charge is 0.504 e. The third-order valence-electron chi connectivity index (χ3n) is 6.82. The fourth-order valence-electron chi connectivity index (χ4n) is 4.91. The van der Waals surface area contributed by atoms with E-state index in [4.69, 9.17) is 9.47 Å². The zero-order valence-corrected chi connectivity index (χ0v) is 20.8. The normalized spacial score (nSPS) is 20.7. The van der Waals surface area contributed by atoms with E-state index in [0.717, 1.165) is 11.3 Å². The molecule has 0 amide bonds. The molecular formula is C29H33NO5. The molecular weight excluding hydrogens is 442 g/mol. The molecule has 0 fully saturated rings. The van der Waals surface area contributed by atoms with Crippen molar-refractivity contribution in [1.82, 2.24) is 5.32 Å². The van der Waals surface area contributed by atoms with Crippen molar-refractivity contribution in [3.05, 3.63) is 82.2 Å². The summed E-state index contributed by atoms with van der Waals surface area (Å²) in [6.07, 6.45) is 1.48. The van der Waals surface area contributed by atoms with E-state index < -0.39 is 11.9 Å². The minimum atomic E-state index is -0.605. The van der Waals surface area contributed by atoms with Gasteiger partial charge in [0.25, 0.3) is 0 Å². The van der Waals surface area contributed by atoms with Crippen molar-refractivity contribution in [2.75, 3.05) is 6.61 Å². The zero-order chi connectivity index (χ0) is 25.1. The lowest BCUT2D eigenvalue weighted by molar-refractivity contribution is -0.144. The van der Waals surface area contributed by atoms with Crippen LogP contribution >= 0.6 is 0 Å². The summed E-state index contributed by atoms with van der Waals surface area (Å²) in [5, 5.41) is 13.6. The van der Waals surface area contributed by atoms with Gasteiger partial charge in [-0.3, -0.25) is 4.79 Å². The number of ketones is 1. The second-order valence-corrected chi connectivity index (χ2v) is 9.21. The molecule has 35 heavy (non-hydrogen) atoms. The van der Waals surface area contributed by atoms with E-state index in [9.17, 15) is 14.7 Å². The summed E-state index contributed by atoms with van der Waals surface area (Å²) in [5.41, 5.74) is 4.36. The van der Waals surface area contributed by atoms with Gasteiger partial charge in [-0.25, -0.2) is 4.79 Å². The molecule has 2 aliphatic rings. The van der Waals surface area contributed by atoms with Crippen LogP contribution in [-0.2, 0) is 14.3 Å². The number of aromatic hydroxyl groups is 1. The summed E-state index contributed by atoms with van der Waals surface area (Å²) in [5.74, 6) is -0.636. The van der Waals surface area contributed by atoms with E-state index >= 15 is 0 Å². The third kappa shape index (κ3) is 4.97. The van der Waals surface area contributed by atoms with Crippen molar-refractivity contribution in [1.29, 1.82) is 0 Å². The Morgan fingerprint density at radius 3 is 2.54 bits per heavy atom. The number of nitrogens with one attached hydrogen (secondary N) is 1. The van der Waals surface area contributed by atoms with Crippen molar-refractivity contribution < 1.29 is 24.2 Å². The number of allylic oxidation sites excluding steroid dienone is 3. The van der Waals surface area contributed by atoms with E-state index in [1.807, 2.05) is 45.9 Å². The second kappa shape index (κ2) is 10.4. The lowest BCUT2D eigenvalue weighted by Gasteiger charge is -2.37. The molecule has 0 bridgehead atoms. The van der Waals surface area contributed by atoms with Crippen LogP contribution in [0.1, 0.15) is 69.9 Å². The Hall–Kier alpha value is -3.54. The molecule has 6 nitrogen and oxygen atoms in total. The Bertz CT molecular complexity index is 1180. The standard InChI is InChI=1S/C29H33NO5/c1-5-17(3)35-29(33)26-18(4)30-22-14-21(19-10-8-7-9-11-19)15-24(32)28(22)27(26)20-12-13-23(31)25(16-20)34-6-2/h7-13,16-17,21,27,30-31H,5-6,14-15H2,1-4H3/t17-,21-,27-/m0/s1. The first-order valence-electron chi connectivity index (χ1n) is 12.3. The first-order valence-corrected chi connectivity index (χ1v) is 12.3. The van der Waals surface area contributed by atoms with E-state index in [1.54, 1.807) is 18.2 Å². The van der Waals surface area contributed by atoms with E-state index in [-0.39, 0.29) is 23.6 Å². The van der Waals surface area contributed by atoms with Crippen LogP contribution in [0.3, 0.4) is 0 Å². The van der Waals surface area contributed by atoms with Gasteiger partial charge in [0, 0.05) is 29.3 Å². The first kappa shape index (κ1) is 24.6. The molecule has 6 heteroatoms. The van der Waals surface area contributed by atoms with Gasteiger partial charge < -0.3 is 19.9 Å². The highest BCUT2D eigenvalue weighted by Gasteiger charge is 2.41. The van der Waals surface area contributed by atoms with Crippen molar-refractivity contribution in [3.63, 3.8) is 0 Å². The number of esters is 1. The molecule has 0 unspecified atom stereocenters. The number of ether oxygens (including phenoxy) is 2. The van der Waals surface area contributed by atoms with E-state index in [0.29, 0.717) is 54.0 Å². The average molecular weight is 476 g/mol. The van der Waals surface area contributed by atoms with Gasteiger partial charge in [-0.05, 0) is 62.8 Å². The Morgan fingerprint density at radius 2 is 1.86 bits per heavy atom. The van der Waals surface area contributed by atoms with Crippen LogP contribution in [0.15, 0.2) is 71.1 Å². The van der Waals surface area contributed by atoms with Crippen LogP contribution in [0, 0.1) is 0 Å². The predicted octanol–water partition coefficient (Wildman–Crippen LogP) is 5.49. The number of hydrogen-bond donors (Lipinski definition) is 2. The molecule has 1 aliphatic heterocycles. The first-order chi connectivity index (χ1) is 16.8. The Labute approximate surface area is 206 Å². The summed E-state index contributed by atoms with van der Waals surface area (Å²) in [4.78, 5) is 27.0. The van der Waals surface area contributed by atoms with Gasteiger partial charge in [0.05, 0.1) is 18.3 Å². The smallest absolute Gasteiger partial charge is 0.337 e. The Kier molecular flexibility index (Phi) is 7.29. The predicted molar refractivity (Wildman–Crippen MR) is 134 cm³/mol. The minimum Gasteiger partial charge on any atom is -0.504 e. The summed E-state index contributed by atoms with van der Waals surface area (Å²) >= 11 is 0. The fourth-order valence-corrected chi connectivity index (χ4v) is 4.91. The van der Waals surface area contributed by atoms with E-state index in [2.05, 4.69) is 17.4 Å². The number of rotatable bonds is 7. The molecule has 2 aromatic rings. The van der Waals surface area contributed by atoms with Gasteiger partial charge in [0.2, 0.25) is 0 Å². The number of carbonyl (C=O) groups excluding carboxylic acids is 2. The maximum absolute atomic E-state index is 13.7. The van der Waals surface area contributed by atoms with Crippen molar-refractivity contribution in [2.24, 2.45) is 0 Å².